The van der Waals surface area contributed by atoms with Gasteiger partial charge < -0.3 is 14.6 Å². The van der Waals surface area contributed by atoms with E-state index in [4.69, 9.17) is 9.26 Å². The van der Waals surface area contributed by atoms with Crippen LogP contribution in [0.4, 0.5) is 0 Å². The zero-order valence-electron chi connectivity index (χ0n) is 9.74. The van der Waals surface area contributed by atoms with E-state index in [2.05, 4.69) is 22.4 Å². The van der Waals surface area contributed by atoms with Gasteiger partial charge in [-0.25, -0.2) is 0 Å². The Balaban J connectivity index is 1.85. The van der Waals surface area contributed by atoms with Crippen LogP contribution in [0.1, 0.15) is 43.9 Å². The molecule has 1 N–H and O–H groups in total. The Morgan fingerprint density at radius 3 is 3.12 bits per heavy atom. The van der Waals surface area contributed by atoms with Crippen LogP contribution in [-0.2, 0) is 11.2 Å². The second-order valence-electron chi connectivity index (χ2n) is 4.09. The second-order valence-corrected chi connectivity index (χ2v) is 4.09. The van der Waals surface area contributed by atoms with E-state index >= 15 is 0 Å². The van der Waals surface area contributed by atoms with Gasteiger partial charge in [0.25, 0.3) is 0 Å². The van der Waals surface area contributed by atoms with Crippen LogP contribution in [-0.4, -0.2) is 29.9 Å². The highest BCUT2D eigenvalue weighted by Crippen LogP contribution is 2.13. The van der Waals surface area contributed by atoms with Crippen molar-refractivity contribution < 1.29 is 9.26 Å². The van der Waals surface area contributed by atoms with Gasteiger partial charge in [-0.05, 0) is 6.42 Å². The van der Waals surface area contributed by atoms with E-state index in [-0.39, 0.29) is 6.04 Å². The molecule has 5 heteroatoms. The summed E-state index contributed by atoms with van der Waals surface area (Å²) in [5.74, 6) is 1.47. The first-order valence-corrected chi connectivity index (χ1v) is 6.03. The number of aryl methyl sites for hydroxylation is 1. The highest BCUT2D eigenvalue weighted by molar-refractivity contribution is 4.95. The zero-order valence-corrected chi connectivity index (χ0v) is 9.74. The molecule has 2 rings (SSSR count). The summed E-state index contributed by atoms with van der Waals surface area (Å²) in [6.07, 6.45) is 4.42. The molecule has 90 valence electrons. The molecule has 1 fully saturated rings. The van der Waals surface area contributed by atoms with E-state index in [0.717, 1.165) is 37.7 Å². The van der Waals surface area contributed by atoms with E-state index < -0.39 is 0 Å². The lowest BCUT2D eigenvalue weighted by atomic mass is 10.2. The van der Waals surface area contributed by atoms with E-state index in [1.165, 1.54) is 12.8 Å². The molecule has 1 aromatic rings. The van der Waals surface area contributed by atoms with Crippen molar-refractivity contribution in [2.45, 2.75) is 38.6 Å². The lowest BCUT2D eigenvalue weighted by molar-refractivity contribution is 0.0734. The summed E-state index contributed by atoms with van der Waals surface area (Å²) in [6.45, 7) is 4.43. The fourth-order valence-corrected chi connectivity index (χ4v) is 1.77. The average Bonchev–Trinajstić information content (AvgIpc) is 2.79. The minimum absolute atomic E-state index is 0.0948. The molecule has 0 aromatic carbocycles. The van der Waals surface area contributed by atoms with Crippen molar-refractivity contribution >= 4 is 0 Å². The molecule has 1 atom stereocenters. The van der Waals surface area contributed by atoms with Gasteiger partial charge >= 0.3 is 0 Å². The second kappa shape index (κ2) is 5.96. The van der Waals surface area contributed by atoms with Crippen LogP contribution in [0.5, 0.6) is 0 Å². The molecule has 5 nitrogen and oxygen atoms in total. The van der Waals surface area contributed by atoms with Crippen LogP contribution < -0.4 is 5.32 Å². The third kappa shape index (κ3) is 3.02. The lowest BCUT2D eigenvalue weighted by Crippen LogP contribution is -2.35. The number of hydrogen-bond donors (Lipinski definition) is 1. The number of nitrogens with one attached hydrogen (secondary N) is 1. The quantitative estimate of drug-likeness (QED) is 0.769. The lowest BCUT2D eigenvalue weighted by Gasteiger charge is -2.20. The number of hydrogen-bond acceptors (Lipinski definition) is 5. The van der Waals surface area contributed by atoms with Crippen molar-refractivity contribution in [3.05, 3.63) is 11.7 Å². The Labute approximate surface area is 95.6 Å². The maximum atomic E-state index is 5.36. The van der Waals surface area contributed by atoms with Crippen LogP contribution in [0, 0.1) is 0 Å². The summed E-state index contributed by atoms with van der Waals surface area (Å²) in [5.41, 5.74) is 0. The molecule has 1 aliphatic heterocycles. The molecule has 16 heavy (non-hydrogen) atoms. The molecular weight excluding hydrogens is 206 g/mol. The monoisotopic (exact) mass is 225 g/mol. The van der Waals surface area contributed by atoms with E-state index in [1.54, 1.807) is 0 Å². The summed E-state index contributed by atoms with van der Waals surface area (Å²) < 4.78 is 10.6. The summed E-state index contributed by atoms with van der Waals surface area (Å²) in [6, 6.07) is 0.0948. The Morgan fingerprint density at radius 2 is 2.38 bits per heavy atom. The highest BCUT2D eigenvalue weighted by atomic mass is 16.5. The number of unbranched alkanes of at least 4 members (excludes halogenated alkanes) is 2. The summed E-state index contributed by atoms with van der Waals surface area (Å²) >= 11 is 0. The molecule has 0 saturated carbocycles. The van der Waals surface area contributed by atoms with Gasteiger partial charge in [-0.2, -0.15) is 4.98 Å². The van der Waals surface area contributed by atoms with Gasteiger partial charge in [-0.3, -0.25) is 0 Å². The maximum absolute atomic E-state index is 5.36. The third-order valence-electron chi connectivity index (χ3n) is 2.71. The standard InChI is InChI=1S/C11H19N3O2/c1-2-3-4-5-10-13-11(14-16-10)9-8-15-7-6-12-9/h9,12H,2-8H2,1H3. The van der Waals surface area contributed by atoms with Gasteiger partial charge in [0.05, 0.1) is 19.3 Å². The maximum Gasteiger partial charge on any atom is 0.226 e. The van der Waals surface area contributed by atoms with Crippen molar-refractivity contribution in [3.8, 4) is 0 Å². The molecule has 1 saturated heterocycles. The van der Waals surface area contributed by atoms with Gasteiger partial charge in [0.2, 0.25) is 5.89 Å². The number of aromatic nitrogens is 2. The van der Waals surface area contributed by atoms with Crippen molar-refractivity contribution in [1.82, 2.24) is 15.5 Å². The third-order valence-corrected chi connectivity index (χ3v) is 2.71. The first kappa shape index (κ1) is 11.5. The van der Waals surface area contributed by atoms with Crippen LogP contribution in [0.25, 0.3) is 0 Å². The molecule has 0 bridgehead atoms. The summed E-state index contributed by atoms with van der Waals surface area (Å²) in [4.78, 5) is 4.39. The van der Waals surface area contributed by atoms with Gasteiger partial charge in [0, 0.05) is 13.0 Å². The summed E-state index contributed by atoms with van der Waals surface area (Å²) in [5, 5.41) is 7.30. The van der Waals surface area contributed by atoms with Crippen molar-refractivity contribution in [3.63, 3.8) is 0 Å². The average molecular weight is 225 g/mol. The molecule has 1 aromatic heterocycles. The van der Waals surface area contributed by atoms with Crippen molar-refractivity contribution in [2.24, 2.45) is 0 Å². The number of morpholine rings is 1. The predicted octanol–water partition coefficient (Wildman–Crippen LogP) is 1.46. The molecule has 0 spiro atoms. The van der Waals surface area contributed by atoms with Crippen LogP contribution >= 0.6 is 0 Å². The first-order chi connectivity index (χ1) is 7.90. The predicted molar refractivity (Wildman–Crippen MR) is 59.1 cm³/mol. The van der Waals surface area contributed by atoms with Gasteiger partial charge in [-0.15, -0.1) is 0 Å². The van der Waals surface area contributed by atoms with E-state index in [1.807, 2.05) is 0 Å². The first-order valence-electron chi connectivity index (χ1n) is 6.03. The van der Waals surface area contributed by atoms with Gasteiger partial charge in [0.1, 0.15) is 0 Å². The Kier molecular flexibility index (Phi) is 4.30. The topological polar surface area (TPSA) is 60.2 Å². The number of nitrogens with zero attached hydrogens (tertiary/aromatic N) is 2. The van der Waals surface area contributed by atoms with E-state index in [0.29, 0.717) is 6.61 Å². The fraction of sp³-hybridized carbons (Fsp3) is 0.818. The van der Waals surface area contributed by atoms with Crippen LogP contribution in [0.15, 0.2) is 4.52 Å². The molecule has 1 unspecified atom stereocenters. The molecule has 0 amide bonds. The minimum Gasteiger partial charge on any atom is -0.378 e. The van der Waals surface area contributed by atoms with Crippen molar-refractivity contribution in [2.75, 3.05) is 19.8 Å². The number of rotatable bonds is 5. The SMILES string of the molecule is CCCCCc1nc(C2COCCN2)no1. The minimum atomic E-state index is 0.0948. The Bertz CT molecular complexity index is 308. The van der Waals surface area contributed by atoms with E-state index in [9.17, 15) is 0 Å². The molecular formula is C11H19N3O2. The Morgan fingerprint density at radius 1 is 1.44 bits per heavy atom. The molecule has 2 heterocycles. The van der Waals surface area contributed by atoms with Gasteiger partial charge in [-0.1, -0.05) is 24.9 Å². The molecule has 0 radical (unpaired) electrons. The van der Waals surface area contributed by atoms with Crippen molar-refractivity contribution in [1.29, 1.82) is 0 Å². The van der Waals surface area contributed by atoms with Crippen LogP contribution in [0.3, 0.4) is 0 Å². The number of ether oxygens (including phenoxy) is 1. The van der Waals surface area contributed by atoms with Crippen LogP contribution in [0.2, 0.25) is 0 Å². The zero-order chi connectivity index (χ0) is 11.2. The highest BCUT2D eigenvalue weighted by Gasteiger charge is 2.20. The Hall–Kier alpha value is -0.940. The normalized spacial score (nSPS) is 21.2. The largest absolute Gasteiger partial charge is 0.378 e. The smallest absolute Gasteiger partial charge is 0.226 e. The van der Waals surface area contributed by atoms with Gasteiger partial charge in [0.15, 0.2) is 5.82 Å². The fourth-order valence-electron chi connectivity index (χ4n) is 1.77. The molecule has 0 aliphatic carbocycles. The molecule has 1 aliphatic rings. The summed E-state index contributed by atoms with van der Waals surface area (Å²) in [7, 11) is 0.